The van der Waals surface area contributed by atoms with Gasteiger partial charge in [0, 0.05) is 0 Å². The normalized spacial score (nSPS) is 27.2. The Labute approximate surface area is 102 Å². The first kappa shape index (κ1) is 14.0. The van der Waals surface area contributed by atoms with Crippen LogP contribution >= 0.6 is 0 Å². The second kappa shape index (κ2) is 8.11. The van der Waals surface area contributed by atoms with Gasteiger partial charge in [-0.3, -0.25) is 0 Å². The molecule has 1 rings (SSSR count). The van der Waals surface area contributed by atoms with Gasteiger partial charge in [-0.1, -0.05) is 52.9 Å². The minimum Gasteiger partial charge on any atom is -0.316 e. The molecule has 1 fully saturated rings. The van der Waals surface area contributed by atoms with Gasteiger partial charge in [0.2, 0.25) is 0 Å². The lowest BCUT2D eigenvalue weighted by Gasteiger charge is -2.19. The molecule has 0 aromatic heterocycles. The van der Waals surface area contributed by atoms with Gasteiger partial charge >= 0.3 is 0 Å². The maximum absolute atomic E-state index is 3.72. The van der Waals surface area contributed by atoms with E-state index in [2.05, 4.69) is 26.1 Å². The lowest BCUT2D eigenvalue weighted by molar-refractivity contribution is 0.357. The van der Waals surface area contributed by atoms with Crippen molar-refractivity contribution in [2.24, 2.45) is 17.8 Å². The summed E-state index contributed by atoms with van der Waals surface area (Å²) in [4.78, 5) is 0. The van der Waals surface area contributed by atoms with Gasteiger partial charge in [0.25, 0.3) is 0 Å². The molecule has 0 aromatic carbocycles. The zero-order valence-electron chi connectivity index (χ0n) is 11.6. The maximum Gasteiger partial charge on any atom is -0.00179 e. The van der Waals surface area contributed by atoms with Crippen LogP contribution in [0.4, 0.5) is 0 Å². The van der Waals surface area contributed by atoms with Gasteiger partial charge in [-0.05, 0) is 43.7 Å². The molecule has 0 amide bonds. The summed E-state index contributed by atoms with van der Waals surface area (Å²) >= 11 is 0. The van der Waals surface area contributed by atoms with Crippen LogP contribution in [0.25, 0.3) is 0 Å². The van der Waals surface area contributed by atoms with Gasteiger partial charge in [-0.2, -0.15) is 0 Å². The molecule has 1 heteroatoms. The molecule has 1 aliphatic carbocycles. The maximum atomic E-state index is 3.72. The average molecular weight is 225 g/mol. The van der Waals surface area contributed by atoms with Crippen LogP contribution in [0.2, 0.25) is 0 Å². The zero-order valence-corrected chi connectivity index (χ0v) is 11.6. The van der Waals surface area contributed by atoms with Crippen molar-refractivity contribution in [2.75, 3.05) is 13.1 Å². The van der Waals surface area contributed by atoms with Crippen molar-refractivity contribution < 1.29 is 0 Å². The van der Waals surface area contributed by atoms with Crippen molar-refractivity contribution in [3.8, 4) is 0 Å². The van der Waals surface area contributed by atoms with Gasteiger partial charge in [0.15, 0.2) is 0 Å². The Balaban J connectivity index is 2.08. The van der Waals surface area contributed by atoms with E-state index < -0.39 is 0 Å². The van der Waals surface area contributed by atoms with Crippen molar-refractivity contribution in [1.82, 2.24) is 5.32 Å². The first-order valence-corrected chi connectivity index (χ1v) is 7.48. The molecule has 96 valence electrons. The van der Waals surface area contributed by atoms with Crippen LogP contribution < -0.4 is 5.32 Å². The fourth-order valence-corrected chi connectivity index (χ4v) is 2.94. The topological polar surface area (TPSA) is 12.0 Å². The minimum absolute atomic E-state index is 0.914. The fraction of sp³-hybridized carbons (Fsp3) is 1.00. The zero-order chi connectivity index (χ0) is 11.8. The predicted molar refractivity (Wildman–Crippen MR) is 72.7 cm³/mol. The van der Waals surface area contributed by atoms with Crippen LogP contribution in [0.3, 0.4) is 0 Å². The molecular weight excluding hydrogens is 194 g/mol. The summed E-state index contributed by atoms with van der Waals surface area (Å²) in [6.45, 7) is 9.57. The third kappa shape index (κ3) is 4.86. The van der Waals surface area contributed by atoms with Crippen LogP contribution in [-0.2, 0) is 0 Å². The molecule has 0 aromatic rings. The van der Waals surface area contributed by atoms with Crippen LogP contribution in [0, 0.1) is 17.8 Å². The molecule has 0 aliphatic heterocycles. The average Bonchev–Trinajstić information content (AvgIpc) is 2.69. The van der Waals surface area contributed by atoms with Gasteiger partial charge < -0.3 is 5.32 Å². The van der Waals surface area contributed by atoms with Crippen molar-refractivity contribution in [3.63, 3.8) is 0 Å². The SMILES string of the molecule is CCCCC(CC)CNCC1CCCC1C. The standard InChI is InChI=1S/C15H31N/c1-4-6-9-14(5-2)11-16-12-15-10-7-8-13(15)3/h13-16H,4-12H2,1-3H3. The first-order valence-electron chi connectivity index (χ1n) is 7.48. The molecule has 0 radical (unpaired) electrons. The molecule has 0 heterocycles. The highest BCUT2D eigenvalue weighted by Crippen LogP contribution is 2.30. The summed E-state index contributed by atoms with van der Waals surface area (Å²) in [6.07, 6.45) is 9.88. The number of hydrogen-bond acceptors (Lipinski definition) is 1. The Morgan fingerprint density at radius 1 is 1.25 bits per heavy atom. The third-order valence-corrected chi connectivity index (χ3v) is 4.42. The Hall–Kier alpha value is -0.0400. The van der Waals surface area contributed by atoms with E-state index in [1.807, 2.05) is 0 Å². The molecule has 1 saturated carbocycles. The van der Waals surface area contributed by atoms with E-state index in [1.165, 1.54) is 58.0 Å². The van der Waals surface area contributed by atoms with Crippen molar-refractivity contribution in [3.05, 3.63) is 0 Å². The van der Waals surface area contributed by atoms with Crippen LogP contribution in [0.15, 0.2) is 0 Å². The van der Waals surface area contributed by atoms with E-state index in [0.717, 1.165) is 17.8 Å². The highest BCUT2D eigenvalue weighted by atomic mass is 14.9. The summed E-state index contributed by atoms with van der Waals surface area (Å²) in [5, 5.41) is 3.72. The fourth-order valence-electron chi connectivity index (χ4n) is 2.94. The van der Waals surface area contributed by atoms with Crippen molar-refractivity contribution in [2.45, 2.75) is 65.7 Å². The molecular formula is C15H31N. The Morgan fingerprint density at radius 2 is 2.06 bits per heavy atom. The highest BCUT2D eigenvalue weighted by molar-refractivity contribution is 4.76. The molecule has 0 saturated heterocycles. The molecule has 0 bridgehead atoms. The smallest absolute Gasteiger partial charge is 0.00179 e. The van der Waals surface area contributed by atoms with Crippen LogP contribution in [-0.4, -0.2) is 13.1 Å². The van der Waals surface area contributed by atoms with Gasteiger partial charge in [-0.25, -0.2) is 0 Å². The van der Waals surface area contributed by atoms with E-state index in [-0.39, 0.29) is 0 Å². The summed E-state index contributed by atoms with van der Waals surface area (Å²) in [6, 6.07) is 0. The second-order valence-electron chi connectivity index (χ2n) is 5.74. The monoisotopic (exact) mass is 225 g/mol. The molecule has 16 heavy (non-hydrogen) atoms. The Morgan fingerprint density at radius 3 is 2.62 bits per heavy atom. The number of nitrogens with one attached hydrogen (secondary N) is 1. The third-order valence-electron chi connectivity index (χ3n) is 4.42. The molecule has 1 N–H and O–H groups in total. The van der Waals surface area contributed by atoms with E-state index in [0.29, 0.717) is 0 Å². The van der Waals surface area contributed by atoms with E-state index >= 15 is 0 Å². The molecule has 3 atom stereocenters. The van der Waals surface area contributed by atoms with Crippen LogP contribution in [0.5, 0.6) is 0 Å². The molecule has 1 nitrogen and oxygen atoms in total. The van der Waals surface area contributed by atoms with Crippen LogP contribution in [0.1, 0.15) is 65.7 Å². The summed E-state index contributed by atoms with van der Waals surface area (Å²) < 4.78 is 0. The Bertz CT molecular complexity index is 167. The van der Waals surface area contributed by atoms with E-state index in [1.54, 1.807) is 0 Å². The largest absolute Gasteiger partial charge is 0.316 e. The predicted octanol–water partition coefficient (Wildman–Crippen LogP) is 4.23. The van der Waals surface area contributed by atoms with Gasteiger partial charge in [0.1, 0.15) is 0 Å². The number of unbranched alkanes of at least 4 members (excludes halogenated alkanes) is 1. The number of rotatable bonds is 8. The van der Waals surface area contributed by atoms with E-state index in [4.69, 9.17) is 0 Å². The summed E-state index contributed by atoms with van der Waals surface area (Å²) in [7, 11) is 0. The number of hydrogen-bond donors (Lipinski definition) is 1. The molecule has 0 spiro atoms. The lowest BCUT2D eigenvalue weighted by atomic mass is 9.96. The highest BCUT2D eigenvalue weighted by Gasteiger charge is 2.22. The molecule has 3 unspecified atom stereocenters. The van der Waals surface area contributed by atoms with Crippen molar-refractivity contribution in [1.29, 1.82) is 0 Å². The second-order valence-corrected chi connectivity index (χ2v) is 5.74. The van der Waals surface area contributed by atoms with Gasteiger partial charge in [-0.15, -0.1) is 0 Å². The Kier molecular flexibility index (Phi) is 7.11. The minimum atomic E-state index is 0.914. The van der Waals surface area contributed by atoms with Crippen molar-refractivity contribution >= 4 is 0 Å². The van der Waals surface area contributed by atoms with E-state index in [9.17, 15) is 0 Å². The molecule has 1 aliphatic rings. The lowest BCUT2D eigenvalue weighted by Crippen LogP contribution is -2.29. The summed E-state index contributed by atoms with van der Waals surface area (Å²) in [5.41, 5.74) is 0. The van der Waals surface area contributed by atoms with Gasteiger partial charge in [0.05, 0.1) is 0 Å². The summed E-state index contributed by atoms with van der Waals surface area (Å²) in [5.74, 6) is 2.84. The quantitative estimate of drug-likeness (QED) is 0.652. The first-order chi connectivity index (χ1) is 7.77.